The molecule has 1 aromatic heterocycles. The van der Waals surface area contributed by atoms with E-state index in [0.29, 0.717) is 11.5 Å². The Bertz CT molecular complexity index is 359. The number of anilines is 1. The van der Waals surface area contributed by atoms with E-state index < -0.39 is 0 Å². The Morgan fingerprint density at radius 1 is 1.41 bits per heavy atom. The molecular weight excluding hydrogens is 236 g/mol. The normalized spacial score (nSPS) is 10.2. The average molecular weight is 254 g/mol. The molecule has 0 atom stereocenters. The van der Waals surface area contributed by atoms with Gasteiger partial charge in [-0.3, -0.25) is 0 Å². The van der Waals surface area contributed by atoms with Crippen molar-refractivity contribution in [2.75, 3.05) is 25.1 Å². The third-order valence-corrected chi connectivity index (χ3v) is 2.23. The van der Waals surface area contributed by atoms with Crippen molar-refractivity contribution in [1.82, 2.24) is 9.97 Å². The minimum atomic E-state index is 0.253. The van der Waals surface area contributed by atoms with Crippen molar-refractivity contribution in [2.45, 2.75) is 19.8 Å². The third-order valence-electron chi connectivity index (χ3n) is 2.04. The highest BCUT2D eigenvalue weighted by Gasteiger charge is 2.06. The molecule has 5 nitrogen and oxygen atoms in total. The summed E-state index contributed by atoms with van der Waals surface area (Å²) in [7, 11) is 0. The summed E-state index contributed by atoms with van der Waals surface area (Å²) in [4.78, 5) is 8.49. The number of hydrogen-bond acceptors (Lipinski definition) is 5. The van der Waals surface area contributed by atoms with Gasteiger partial charge in [-0.25, -0.2) is 9.97 Å². The molecule has 0 aliphatic heterocycles. The highest BCUT2D eigenvalue weighted by atomic mass is 32.1. The van der Waals surface area contributed by atoms with Gasteiger partial charge in [0.25, 0.3) is 0 Å². The van der Waals surface area contributed by atoms with E-state index in [1.165, 1.54) is 0 Å². The first-order chi connectivity index (χ1) is 8.25. The summed E-state index contributed by atoms with van der Waals surface area (Å²) in [5.41, 5.74) is 6.09. The molecule has 0 aromatic carbocycles. The zero-order valence-electron chi connectivity index (χ0n) is 9.98. The maximum atomic E-state index is 5.55. The monoisotopic (exact) mass is 254 g/mol. The Kier molecular flexibility index (Phi) is 6.42. The fourth-order valence-electron chi connectivity index (χ4n) is 1.28. The summed E-state index contributed by atoms with van der Waals surface area (Å²) >= 11 is 4.90. The van der Waals surface area contributed by atoms with Gasteiger partial charge in [-0.1, -0.05) is 19.1 Å². The lowest BCUT2D eigenvalue weighted by Crippen LogP contribution is -2.17. The molecule has 0 amide bonds. The molecule has 6 heteroatoms. The minimum absolute atomic E-state index is 0.253. The van der Waals surface area contributed by atoms with E-state index in [-0.39, 0.29) is 4.99 Å². The van der Waals surface area contributed by atoms with Crippen LogP contribution in [0.25, 0.3) is 0 Å². The molecule has 0 bridgehead atoms. The van der Waals surface area contributed by atoms with Crippen LogP contribution in [0.5, 0.6) is 0 Å². The van der Waals surface area contributed by atoms with Crippen LogP contribution in [0.15, 0.2) is 12.4 Å². The van der Waals surface area contributed by atoms with Gasteiger partial charge in [-0.15, -0.1) is 0 Å². The fourth-order valence-corrected chi connectivity index (χ4v) is 1.42. The lowest BCUT2D eigenvalue weighted by molar-refractivity contribution is 0.134. The van der Waals surface area contributed by atoms with Crippen LogP contribution in [0.3, 0.4) is 0 Å². The van der Waals surface area contributed by atoms with E-state index in [9.17, 15) is 0 Å². The van der Waals surface area contributed by atoms with Crippen LogP contribution < -0.4 is 11.1 Å². The van der Waals surface area contributed by atoms with Crippen molar-refractivity contribution in [2.24, 2.45) is 5.73 Å². The molecule has 0 spiro atoms. The van der Waals surface area contributed by atoms with Crippen molar-refractivity contribution in [3.8, 4) is 0 Å². The van der Waals surface area contributed by atoms with E-state index >= 15 is 0 Å². The van der Waals surface area contributed by atoms with Crippen molar-refractivity contribution < 1.29 is 4.74 Å². The predicted octanol–water partition coefficient (Wildman–Crippen LogP) is 1.34. The molecule has 0 aliphatic rings. The van der Waals surface area contributed by atoms with E-state index in [1.54, 1.807) is 12.4 Å². The molecule has 0 saturated heterocycles. The molecule has 0 fully saturated rings. The van der Waals surface area contributed by atoms with E-state index in [4.69, 9.17) is 22.7 Å². The smallest absolute Gasteiger partial charge is 0.155 e. The first-order valence-corrected chi connectivity index (χ1v) is 6.09. The van der Waals surface area contributed by atoms with Gasteiger partial charge in [0.05, 0.1) is 0 Å². The lowest BCUT2D eigenvalue weighted by Gasteiger charge is -2.08. The van der Waals surface area contributed by atoms with Gasteiger partial charge in [-0.2, -0.15) is 0 Å². The maximum Gasteiger partial charge on any atom is 0.155 e. The second-order valence-electron chi connectivity index (χ2n) is 3.51. The Hall–Kier alpha value is -1.27. The van der Waals surface area contributed by atoms with Gasteiger partial charge in [0, 0.05) is 32.2 Å². The summed E-state index contributed by atoms with van der Waals surface area (Å²) in [5, 5.41) is 3.15. The minimum Gasteiger partial charge on any atom is -0.388 e. The van der Waals surface area contributed by atoms with Gasteiger partial charge < -0.3 is 15.8 Å². The highest BCUT2D eigenvalue weighted by Crippen LogP contribution is 2.07. The number of aromatic nitrogens is 2. The van der Waals surface area contributed by atoms with E-state index in [0.717, 1.165) is 32.6 Å². The largest absolute Gasteiger partial charge is 0.388 e. The summed E-state index contributed by atoms with van der Waals surface area (Å²) < 4.78 is 5.37. The molecule has 1 rings (SSSR count). The van der Waals surface area contributed by atoms with Crippen LogP contribution in [0.4, 0.5) is 5.82 Å². The second-order valence-corrected chi connectivity index (χ2v) is 3.95. The average Bonchev–Trinajstić information content (AvgIpc) is 2.34. The van der Waals surface area contributed by atoms with Crippen LogP contribution >= 0.6 is 12.2 Å². The van der Waals surface area contributed by atoms with E-state index in [1.807, 2.05) is 0 Å². The zero-order valence-corrected chi connectivity index (χ0v) is 10.8. The van der Waals surface area contributed by atoms with Gasteiger partial charge >= 0.3 is 0 Å². The van der Waals surface area contributed by atoms with Gasteiger partial charge in [0.2, 0.25) is 0 Å². The Labute approximate surface area is 107 Å². The second kappa shape index (κ2) is 7.92. The van der Waals surface area contributed by atoms with Crippen LogP contribution in [0.1, 0.15) is 25.5 Å². The number of nitrogens with one attached hydrogen (secondary N) is 1. The summed E-state index contributed by atoms with van der Waals surface area (Å²) in [6.45, 7) is 4.40. The number of nitrogens with zero attached hydrogens (tertiary/aromatic N) is 2. The Morgan fingerprint density at radius 3 is 2.88 bits per heavy atom. The quantitative estimate of drug-likeness (QED) is 0.539. The van der Waals surface area contributed by atoms with Crippen LogP contribution in [0.2, 0.25) is 0 Å². The zero-order chi connectivity index (χ0) is 12.5. The summed E-state index contributed by atoms with van der Waals surface area (Å²) in [6.07, 6.45) is 5.14. The summed E-state index contributed by atoms with van der Waals surface area (Å²) in [5.74, 6) is 0.635. The maximum absolute atomic E-state index is 5.55. The molecule has 1 heterocycles. The molecule has 0 aliphatic carbocycles. The highest BCUT2D eigenvalue weighted by molar-refractivity contribution is 7.80. The van der Waals surface area contributed by atoms with Gasteiger partial charge in [0.1, 0.15) is 10.7 Å². The molecule has 0 radical (unpaired) electrons. The number of nitrogens with two attached hydrogens (primary N) is 1. The van der Waals surface area contributed by atoms with E-state index in [2.05, 4.69) is 22.2 Å². The van der Waals surface area contributed by atoms with Crippen molar-refractivity contribution in [3.63, 3.8) is 0 Å². The first-order valence-electron chi connectivity index (χ1n) is 5.68. The van der Waals surface area contributed by atoms with Crippen LogP contribution in [0, 0.1) is 0 Å². The van der Waals surface area contributed by atoms with Gasteiger partial charge in [-0.05, 0) is 12.8 Å². The molecule has 1 aromatic rings. The first kappa shape index (κ1) is 13.8. The van der Waals surface area contributed by atoms with Gasteiger partial charge in [0.15, 0.2) is 5.82 Å². The van der Waals surface area contributed by atoms with Crippen LogP contribution in [-0.2, 0) is 4.74 Å². The summed E-state index contributed by atoms with van der Waals surface area (Å²) in [6, 6.07) is 0. The Morgan fingerprint density at radius 2 is 2.18 bits per heavy atom. The SMILES string of the molecule is CCCOCCCNc1nccnc1C(N)=S. The van der Waals surface area contributed by atoms with Crippen LogP contribution in [-0.4, -0.2) is 34.7 Å². The van der Waals surface area contributed by atoms with Crippen molar-refractivity contribution >= 4 is 23.0 Å². The number of ether oxygens (including phenoxy) is 1. The lowest BCUT2D eigenvalue weighted by atomic mass is 10.3. The van der Waals surface area contributed by atoms with Crippen molar-refractivity contribution in [1.29, 1.82) is 0 Å². The van der Waals surface area contributed by atoms with Crippen molar-refractivity contribution in [3.05, 3.63) is 18.1 Å². The molecule has 94 valence electrons. The molecule has 0 unspecified atom stereocenters. The predicted molar refractivity (Wildman–Crippen MR) is 72.1 cm³/mol. The molecular formula is C11H18N4OS. The Balaban J connectivity index is 2.34. The fraction of sp³-hybridized carbons (Fsp3) is 0.545. The standard InChI is InChI=1S/C11H18N4OS/c1-2-7-16-8-3-4-14-11-9(10(12)17)13-5-6-15-11/h5-6H,2-4,7-8H2,1H3,(H2,12,17)(H,14,15). The number of hydrogen-bond donors (Lipinski definition) is 2. The number of rotatable bonds is 8. The molecule has 3 N–H and O–H groups in total. The number of thiocarbonyl (C=S) groups is 1. The molecule has 0 saturated carbocycles. The third kappa shape index (κ3) is 5.06. The topological polar surface area (TPSA) is 73.1 Å². The molecule has 17 heavy (non-hydrogen) atoms.